The van der Waals surface area contributed by atoms with E-state index in [1.165, 1.54) is 20.5 Å². The molecule has 1 N–H and O–H groups in total. The second-order valence-electron chi connectivity index (χ2n) is 7.31. The van der Waals surface area contributed by atoms with Gasteiger partial charge in [-0.15, -0.1) is 0 Å². The molecule has 3 atom stereocenters. The Bertz CT molecular complexity index is 717. The number of rotatable bonds is 8. The third kappa shape index (κ3) is 5.97. The molecule has 0 bridgehead atoms. The zero-order valence-corrected chi connectivity index (χ0v) is 16.9. The quantitative estimate of drug-likeness (QED) is 0.541. The van der Waals surface area contributed by atoms with Crippen LogP contribution in [0.2, 0.25) is 0 Å². The Morgan fingerprint density at radius 3 is 2.54 bits per heavy atom. The Hall–Kier alpha value is -2.57. The predicted octanol–water partition coefficient (Wildman–Crippen LogP) is 2.76. The Morgan fingerprint density at radius 2 is 1.86 bits per heavy atom. The van der Waals surface area contributed by atoms with Crippen LogP contribution in [-0.2, 0) is 14.3 Å². The van der Waals surface area contributed by atoms with Crippen molar-refractivity contribution in [2.75, 3.05) is 20.3 Å². The molecule has 0 aliphatic heterocycles. The van der Waals surface area contributed by atoms with E-state index in [-0.39, 0.29) is 30.9 Å². The van der Waals surface area contributed by atoms with Crippen LogP contribution in [0, 0.1) is 11.8 Å². The van der Waals surface area contributed by atoms with Gasteiger partial charge in [0.15, 0.2) is 30.5 Å². The smallest absolute Gasteiger partial charge is 0.344 e. The van der Waals surface area contributed by atoms with E-state index in [9.17, 15) is 14.4 Å². The number of Topliss-reactive ketones (excluding diaryl/α,β-unsaturated/α-hetero) is 1. The van der Waals surface area contributed by atoms with Crippen molar-refractivity contribution >= 4 is 17.7 Å². The highest BCUT2D eigenvalue weighted by Gasteiger charge is 2.28. The van der Waals surface area contributed by atoms with Crippen molar-refractivity contribution in [1.29, 1.82) is 0 Å². The Balaban J connectivity index is 1.78. The summed E-state index contributed by atoms with van der Waals surface area (Å²) in [5, 5.41) is 2.95. The van der Waals surface area contributed by atoms with Crippen molar-refractivity contribution in [3.63, 3.8) is 0 Å². The van der Waals surface area contributed by atoms with E-state index in [0.717, 1.165) is 12.8 Å². The van der Waals surface area contributed by atoms with Gasteiger partial charge in [-0.1, -0.05) is 26.7 Å². The lowest BCUT2D eigenvalue weighted by Gasteiger charge is -2.34. The van der Waals surface area contributed by atoms with Crippen LogP contribution < -0.4 is 14.8 Å². The largest absolute Gasteiger partial charge is 0.493 e. The predicted molar refractivity (Wildman–Crippen MR) is 104 cm³/mol. The van der Waals surface area contributed by atoms with Gasteiger partial charge < -0.3 is 19.5 Å². The zero-order chi connectivity index (χ0) is 20.7. The van der Waals surface area contributed by atoms with Gasteiger partial charge >= 0.3 is 5.97 Å². The van der Waals surface area contributed by atoms with Gasteiger partial charge in [0.1, 0.15) is 0 Å². The van der Waals surface area contributed by atoms with Crippen molar-refractivity contribution in [2.24, 2.45) is 11.8 Å². The second kappa shape index (κ2) is 10.1. The van der Waals surface area contributed by atoms with Crippen molar-refractivity contribution < 1.29 is 28.6 Å². The van der Waals surface area contributed by atoms with Crippen molar-refractivity contribution in [2.45, 2.75) is 46.1 Å². The fourth-order valence-corrected chi connectivity index (χ4v) is 3.36. The van der Waals surface area contributed by atoms with Crippen LogP contribution in [0.15, 0.2) is 18.2 Å². The highest BCUT2D eigenvalue weighted by molar-refractivity contribution is 5.94. The van der Waals surface area contributed by atoms with Gasteiger partial charge in [-0.3, -0.25) is 9.59 Å². The number of ketones is 1. The Kier molecular flexibility index (Phi) is 7.84. The van der Waals surface area contributed by atoms with Gasteiger partial charge in [0.05, 0.1) is 7.11 Å². The van der Waals surface area contributed by atoms with E-state index < -0.39 is 5.97 Å². The fraction of sp³-hybridized carbons (Fsp3) is 0.571. The molecule has 1 aromatic carbocycles. The second-order valence-corrected chi connectivity index (χ2v) is 7.31. The van der Waals surface area contributed by atoms with Gasteiger partial charge in [-0.05, 0) is 43.4 Å². The summed E-state index contributed by atoms with van der Waals surface area (Å²) in [6.07, 6.45) is 3.22. The lowest BCUT2D eigenvalue weighted by atomic mass is 9.78. The lowest BCUT2D eigenvalue weighted by molar-refractivity contribution is -0.150. The summed E-state index contributed by atoms with van der Waals surface area (Å²) in [7, 11) is 1.45. The van der Waals surface area contributed by atoms with Crippen molar-refractivity contribution in [3.05, 3.63) is 23.8 Å². The monoisotopic (exact) mass is 391 g/mol. The number of ether oxygens (including phenoxy) is 3. The minimum absolute atomic E-state index is 0.100. The van der Waals surface area contributed by atoms with Gasteiger partial charge in [0.25, 0.3) is 5.91 Å². The molecule has 0 heterocycles. The number of carbonyl (C=O) groups is 3. The zero-order valence-electron chi connectivity index (χ0n) is 16.9. The first-order valence-corrected chi connectivity index (χ1v) is 9.58. The van der Waals surface area contributed by atoms with E-state index in [1.54, 1.807) is 18.2 Å². The van der Waals surface area contributed by atoms with E-state index in [4.69, 9.17) is 14.2 Å². The van der Waals surface area contributed by atoms with Crippen LogP contribution in [0.4, 0.5) is 0 Å². The van der Waals surface area contributed by atoms with E-state index >= 15 is 0 Å². The maximum absolute atomic E-state index is 12.1. The molecule has 0 spiro atoms. The van der Waals surface area contributed by atoms with E-state index in [1.807, 2.05) is 0 Å². The van der Waals surface area contributed by atoms with Crippen LogP contribution in [0.5, 0.6) is 11.5 Å². The summed E-state index contributed by atoms with van der Waals surface area (Å²) in [6.45, 7) is 5.09. The molecular weight excluding hydrogens is 362 g/mol. The summed E-state index contributed by atoms with van der Waals surface area (Å²) < 4.78 is 15.6. The third-order valence-electron chi connectivity index (χ3n) is 5.33. The number of benzene rings is 1. The lowest BCUT2D eigenvalue weighted by Crippen LogP contribution is -2.45. The van der Waals surface area contributed by atoms with Gasteiger partial charge in [-0.2, -0.15) is 0 Å². The highest BCUT2D eigenvalue weighted by Crippen LogP contribution is 2.29. The van der Waals surface area contributed by atoms with Crippen LogP contribution in [0.1, 0.15) is 50.4 Å². The number of esters is 1. The SMILES string of the molecule is COc1cc(C(C)=O)ccc1OCC(=O)OCC(=O)N[C@@H]1CCC[C@H](C)[C@H]1C. The summed E-state index contributed by atoms with van der Waals surface area (Å²) in [4.78, 5) is 35.4. The molecule has 1 aromatic rings. The summed E-state index contributed by atoms with van der Waals surface area (Å²) in [5.41, 5.74) is 0.481. The van der Waals surface area contributed by atoms with Crippen molar-refractivity contribution in [3.8, 4) is 11.5 Å². The molecule has 1 fully saturated rings. The number of hydrogen-bond acceptors (Lipinski definition) is 6. The van der Waals surface area contributed by atoms with E-state index in [0.29, 0.717) is 28.9 Å². The molecule has 0 radical (unpaired) electrons. The van der Waals surface area contributed by atoms with Crippen molar-refractivity contribution in [1.82, 2.24) is 5.32 Å². The molecule has 1 amide bonds. The Labute approximate surface area is 165 Å². The summed E-state index contributed by atoms with van der Waals surface area (Å²) in [5.74, 6) is 0.580. The molecule has 2 rings (SSSR count). The number of nitrogens with one attached hydrogen (secondary N) is 1. The first-order chi connectivity index (χ1) is 13.3. The topological polar surface area (TPSA) is 90.9 Å². The highest BCUT2D eigenvalue weighted by atomic mass is 16.6. The molecule has 1 aliphatic carbocycles. The number of amides is 1. The summed E-state index contributed by atoms with van der Waals surface area (Å²) in [6, 6.07) is 4.81. The van der Waals surface area contributed by atoms with Crippen LogP contribution >= 0.6 is 0 Å². The summed E-state index contributed by atoms with van der Waals surface area (Å²) >= 11 is 0. The normalized spacial score (nSPS) is 21.5. The maximum Gasteiger partial charge on any atom is 0.344 e. The van der Waals surface area contributed by atoms with Gasteiger partial charge in [0.2, 0.25) is 0 Å². The fourth-order valence-electron chi connectivity index (χ4n) is 3.36. The number of methoxy groups -OCH3 is 1. The molecule has 0 saturated heterocycles. The first-order valence-electron chi connectivity index (χ1n) is 9.58. The minimum atomic E-state index is -0.655. The molecule has 1 saturated carbocycles. The van der Waals surface area contributed by atoms with Crippen LogP contribution in [0.3, 0.4) is 0 Å². The molecule has 7 heteroatoms. The molecule has 7 nitrogen and oxygen atoms in total. The maximum atomic E-state index is 12.1. The molecule has 28 heavy (non-hydrogen) atoms. The first kappa shape index (κ1) is 21.7. The van der Waals surface area contributed by atoms with Gasteiger partial charge in [0, 0.05) is 11.6 Å². The van der Waals surface area contributed by atoms with Crippen LogP contribution in [0.25, 0.3) is 0 Å². The number of carbonyl (C=O) groups excluding carboxylic acids is 3. The number of hydrogen-bond donors (Lipinski definition) is 1. The molecule has 0 aromatic heterocycles. The Morgan fingerprint density at radius 1 is 1.11 bits per heavy atom. The van der Waals surface area contributed by atoms with E-state index in [2.05, 4.69) is 19.2 Å². The van der Waals surface area contributed by atoms with Crippen LogP contribution in [-0.4, -0.2) is 44.0 Å². The average molecular weight is 391 g/mol. The molecule has 1 aliphatic rings. The molecular formula is C21H29NO6. The minimum Gasteiger partial charge on any atom is -0.493 e. The standard InChI is InChI=1S/C21H29NO6/c1-13-6-5-7-17(14(13)2)22-20(24)11-28-21(25)12-27-18-9-8-16(15(3)23)10-19(18)26-4/h8-10,13-14,17H,5-7,11-12H2,1-4H3,(H,22,24)/t13-,14+,17+/m0/s1. The third-order valence-corrected chi connectivity index (χ3v) is 5.33. The van der Waals surface area contributed by atoms with Gasteiger partial charge in [-0.25, -0.2) is 4.79 Å². The molecule has 154 valence electrons. The average Bonchev–Trinajstić information content (AvgIpc) is 2.68. The molecule has 0 unspecified atom stereocenters.